The minimum absolute atomic E-state index is 0.156. The lowest BCUT2D eigenvalue weighted by molar-refractivity contribution is -0.192. The quantitative estimate of drug-likeness (QED) is 0.0936. The zero-order chi connectivity index (χ0) is 33.4. The van der Waals surface area contributed by atoms with E-state index in [0.29, 0.717) is 24.0 Å². The number of carbonyl (C=O) groups is 3. The molecule has 4 rings (SSSR count). The van der Waals surface area contributed by atoms with E-state index in [1.165, 1.54) is 38.5 Å². The molecular formula is C37H56O8. The third-order valence-electron chi connectivity index (χ3n) is 11.8. The Morgan fingerprint density at radius 1 is 1.02 bits per heavy atom. The lowest BCUT2D eigenvalue weighted by atomic mass is 9.59. The summed E-state index contributed by atoms with van der Waals surface area (Å²) in [5, 5.41) is 35.4. The summed E-state index contributed by atoms with van der Waals surface area (Å²) in [6.45, 7) is 12.7. The largest absolute Gasteiger partial charge is 0.458 e. The molecule has 0 amide bonds. The zero-order valence-electron chi connectivity index (χ0n) is 28.5. The summed E-state index contributed by atoms with van der Waals surface area (Å²) in [7, 11) is 0. The van der Waals surface area contributed by atoms with Crippen LogP contribution in [0.1, 0.15) is 119 Å². The van der Waals surface area contributed by atoms with Crippen molar-refractivity contribution in [1.82, 2.24) is 0 Å². The van der Waals surface area contributed by atoms with Gasteiger partial charge in [-0.1, -0.05) is 97.3 Å². The molecule has 45 heavy (non-hydrogen) atoms. The average molecular weight is 629 g/mol. The number of unbranched alkanes of at least 4 members (excludes halogenated alkanes) is 8. The normalized spacial score (nSPS) is 36.6. The van der Waals surface area contributed by atoms with Gasteiger partial charge < -0.3 is 24.8 Å². The van der Waals surface area contributed by atoms with E-state index in [1.54, 1.807) is 39.0 Å². The zero-order valence-corrected chi connectivity index (χ0v) is 28.5. The number of aliphatic hydroxyl groups excluding tert-OH is 2. The highest BCUT2D eigenvalue weighted by Gasteiger charge is 2.83. The van der Waals surface area contributed by atoms with Gasteiger partial charge in [0.1, 0.15) is 30.0 Å². The molecule has 8 heteroatoms. The number of Topliss-reactive ketones (excluding diaryl/α,β-unsaturated/α-hetero) is 1. The molecule has 0 aliphatic heterocycles. The predicted octanol–water partition coefficient (Wildman–Crippen LogP) is 5.92. The third-order valence-corrected chi connectivity index (χ3v) is 11.8. The molecule has 2 bridgehead atoms. The number of allylic oxidation sites excluding steroid dienone is 2. The van der Waals surface area contributed by atoms with E-state index < -0.39 is 58.0 Å². The lowest BCUT2D eigenvalue weighted by Gasteiger charge is -2.48. The topological polar surface area (TPSA) is 130 Å². The number of esters is 2. The maximum absolute atomic E-state index is 14.7. The van der Waals surface area contributed by atoms with Crippen molar-refractivity contribution in [3.05, 3.63) is 34.9 Å². The van der Waals surface area contributed by atoms with Gasteiger partial charge in [0.15, 0.2) is 5.78 Å². The highest BCUT2D eigenvalue weighted by Crippen LogP contribution is 2.75. The van der Waals surface area contributed by atoms with E-state index in [1.807, 2.05) is 20.8 Å². The Labute approximate surface area is 269 Å². The monoisotopic (exact) mass is 628 g/mol. The van der Waals surface area contributed by atoms with Gasteiger partial charge >= 0.3 is 11.9 Å². The molecule has 8 atom stereocenters. The molecule has 0 aromatic carbocycles. The van der Waals surface area contributed by atoms with Crippen LogP contribution in [0.4, 0.5) is 0 Å². The van der Waals surface area contributed by atoms with Gasteiger partial charge in [-0.05, 0) is 50.7 Å². The van der Waals surface area contributed by atoms with Gasteiger partial charge in [0.2, 0.25) is 0 Å². The summed E-state index contributed by atoms with van der Waals surface area (Å²) < 4.78 is 11.9. The average Bonchev–Trinajstić information content (AvgIpc) is 3.41. The van der Waals surface area contributed by atoms with Crippen molar-refractivity contribution in [2.45, 2.75) is 143 Å². The van der Waals surface area contributed by atoms with Crippen LogP contribution in [-0.2, 0) is 23.9 Å². The van der Waals surface area contributed by atoms with Crippen molar-refractivity contribution >= 4 is 17.7 Å². The predicted molar refractivity (Wildman–Crippen MR) is 172 cm³/mol. The molecule has 252 valence electrons. The van der Waals surface area contributed by atoms with Gasteiger partial charge in [-0.25, -0.2) is 4.79 Å². The van der Waals surface area contributed by atoms with Crippen LogP contribution in [0.2, 0.25) is 0 Å². The number of carbonyl (C=O) groups excluding carboxylic acids is 3. The molecule has 4 aliphatic carbocycles. The summed E-state index contributed by atoms with van der Waals surface area (Å²) in [5.41, 5.74) is -4.48. The first-order chi connectivity index (χ1) is 21.2. The number of fused-ring (bicyclic) bond motifs is 3. The van der Waals surface area contributed by atoms with Crippen LogP contribution in [0.15, 0.2) is 34.9 Å². The fraction of sp³-hybridized carbons (Fsp3) is 0.757. The molecule has 0 aromatic rings. The SMILES string of the molecule is C/C=C(\C)C(=O)OCC1=C[C@@H]2C(=O)C3(C=C(C)[C@H](O)[C@@]3(O)[C@@H]1O)C(C)C[C@]1(OC(=O)CCCCCCCCCCC)[C@H]2C1(C)C. The molecule has 3 N–H and O–H groups in total. The van der Waals surface area contributed by atoms with Gasteiger partial charge in [-0.2, -0.15) is 0 Å². The van der Waals surface area contributed by atoms with Gasteiger partial charge in [-0.3, -0.25) is 9.59 Å². The second-order valence-corrected chi connectivity index (χ2v) is 14.8. The smallest absolute Gasteiger partial charge is 0.333 e. The number of hydrogen-bond donors (Lipinski definition) is 3. The van der Waals surface area contributed by atoms with Crippen molar-refractivity contribution in [2.24, 2.45) is 28.6 Å². The van der Waals surface area contributed by atoms with Crippen molar-refractivity contribution < 1.29 is 39.2 Å². The second-order valence-electron chi connectivity index (χ2n) is 14.8. The molecule has 0 heterocycles. The number of hydrogen-bond acceptors (Lipinski definition) is 8. The maximum atomic E-state index is 14.7. The third kappa shape index (κ3) is 5.78. The molecule has 2 fully saturated rings. The van der Waals surface area contributed by atoms with Gasteiger partial charge in [-0.15, -0.1) is 0 Å². The second kappa shape index (κ2) is 13.4. The minimum atomic E-state index is -2.28. The molecule has 8 nitrogen and oxygen atoms in total. The van der Waals surface area contributed by atoms with Crippen molar-refractivity contribution in [2.75, 3.05) is 6.61 Å². The standard InChI is InChI=1S/C37H56O8/c1-8-10-11-12-13-14-15-16-17-18-28(38)45-36-21-25(5)35-20-24(4)30(39)37(35,43)31(40)26(22-44-33(42)23(3)9-2)19-27(32(35)41)29(36)34(36,6)7/h9,19-20,25,27,29-31,39-40,43H,8,10-18,21-22H2,1-7H3/b23-9+/t25?,27-,29+,30-,31+,35?,36-,37+/m0/s1. The van der Waals surface area contributed by atoms with Crippen LogP contribution >= 0.6 is 0 Å². The molecular weight excluding hydrogens is 572 g/mol. The maximum Gasteiger partial charge on any atom is 0.333 e. The van der Waals surface area contributed by atoms with Crippen LogP contribution in [0.3, 0.4) is 0 Å². The minimum Gasteiger partial charge on any atom is -0.458 e. The van der Waals surface area contributed by atoms with Crippen LogP contribution in [0, 0.1) is 28.6 Å². The highest BCUT2D eigenvalue weighted by atomic mass is 16.6. The van der Waals surface area contributed by atoms with Crippen LogP contribution in [0.5, 0.6) is 0 Å². The highest BCUT2D eigenvalue weighted by molar-refractivity contribution is 5.96. The van der Waals surface area contributed by atoms with E-state index in [0.717, 1.165) is 19.3 Å². The van der Waals surface area contributed by atoms with Crippen molar-refractivity contribution in [3.8, 4) is 0 Å². The first kappa shape index (κ1) is 35.6. The fourth-order valence-electron chi connectivity index (χ4n) is 8.93. The van der Waals surface area contributed by atoms with Gasteiger partial charge in [0.25, 0.3) is 0 Å². The van der Waals surface area contributed by atoms with E-state index >= 15 is 0 Å². The Morgan fingerprint density at radius 3 is 2.22 bits per heavy atom. The summed E-state index contributed by atoms with van der Waals surface area (Å²) in [5.74, 6) is -2.99. The Balaban J connectivity index is 1.59. The Hall–Kier alpha value is -2.29. The molecule has 2 saturated carbocycles. The van der Waals surface area contributed by atoms with Crippen LogP contribution in [0.25, 0.3) is 0 Å². The lowest BCUT2D eigenvalue weighted by Crippen LogP contribution is -2.65. The van der Waals surface area contributed by atoms with E-state index in [2.05, 4.69) is 6.92 Å². The summed E-state index contributed by atoms with van der Waals surface area (Å²) in [6, 6.07) is 0. The molecule has 0 saturated heterocycles. The summed E-state index contributed by atoms with van der Waals surface area (Å²) in [6.07, 6.45) is 12.6. The summed E-state index contributed by atoms with van der Waals surface area (Å²) in [4.78, 5) is 40.6. The first-order valence-electron chi connectivity index (χ1n) is 17.2. The molecule has 2 unspecified atom stereocenters. The summed E-state index contributed by atoms with van der Waals surface area (Å²) >= 11 is 0. The Bertz CT molecular complexity index is 1240. The van der Waals surface area contributed by atoms with E-state index in [9.17, 15) is 29.7 Å². The Morgan fingerprint density at radius 2 is 1.62 bits per heavy atom. The number of ketones is 1. The van der Waals surface area contributed by atoms with E-state index in [4.69, 9.17) is 9.47 Å². The Kier molecular flexibility index (Phi) is 10.6. The molecule has 0 aromatic heterocycles. The van der Waals surface area contributed by atoms with Crippen LogP contribution in [-0.4, -0.2) is 63.1 Å². The molecule has 4 aliphatic rings. The fourth-order valence-corrected chi connectivity index (χ4v) is 8.93. The van der Waals surface area contributed by atoms with E-state index in [-0.39, 0.29) is 23.9 Å². The number of rotatable bonds is 14. The van der Waals surface area contributed by atoms with Gasteiger partial charge in [0.05, 0.1) is 5.41 Å². The molecule has 0 radical (unpaired) electrons. The first-order valence-corrected chi connectivity index (χ1v) is 17.2. The number of ether oxygens (including phenoxy) is 2. The van der Waals surface area contributed by atoms with Gasteiger partial charge in [0, 0.05) is 29.2 Å². The van der Waals surface area contributed by atoms with Crippen LogP contribution < -0.4 is 0 Å². The number of aliphatic hydroxyl groups is 3. The molecule has 1 spiro atoms. The van der Waals surface area contributed by atoms with Crippen molar-refractivity contribution in [1.29, 1.82) is 0 Å². The van der Waals surface area contributed by atoms with Crippen molar-refractivity contribution in [3.63, 3.8) is 0 Å².